The van der Waals surface area contributed by atoms with Crippen molar-refractivity contribution in [1.82, 2.24) is 14.8 Å². The topological polar surface area (TPSA) is 84.0 Å². The lowest BCUT2D eigenvalue weighted by molar-refractivity contribution is 0.286. The largest absolute Gasteiger partial charge is 0.467 e. The second-order valence-corrected chi connectivity index (χ2v) is 3.44. The van der Waals surface area contributed by atoms with Gasteiger partial charge >= 0.3 is 5.69 Å². The first kappa shape index (κ1) is 10.7. The van der Waals surface area contributed by atoms with E-state index in [1.807, 2.05) is 0 Å². The van der Waals surface area contributed by atoms with Gasteiger partial charge in [-0.05, 0) is 18.6 Å². The van der Waals surface area contributed by atoms with Crippen LogP contribution in [0.15, 0.2) is 27.6 Å². The van der Waals surface area contributed by atoms with E-state index in [1.54, 1.807) is 18.4 Å². The van der Waals surface area contributed by atoms with Crippen molar-refractivity contribution in [2.45, 2.75) is 19.4 Å². The molecule has 0 fully saturated rings. The second kappa shape index (κ2) is 4.80. The van der Waals surface area contributed by atoms with E-state index in [2.05, 4.69) is 10.2 Å². The summed E-state index contributed by atoms with van der Waals surface area (Å²) in [4.78, 5) is 11.5. The lowest BCUT2D eigenvalue weighted by atomic mass is 10.3. The molecule has 6 heteroatoms. The Kier molecular flexibility index (Phi) is 3.21. The minimum Gasteiger partial charge on any atom is -0.467 e. The summed E-state index contributed by atoms with van der Waals surface area (Å²) in [6, 6.07) is 3.57. The molecule has 0 saturated heterocycles. The average Bonchev–Trinajstić information content (AvgIpc) is 2.89. The molecule has 16 heavy (non-hydrogen) atoms. The Morgan fingerprint density at radius 3 is 3.12 bits per heavy atom. The van der Waals surface area contributed by atoms with Gasteiger partial charge < -0.3 is 9.52 Å². The molecule has 0 bridgehead atoms. The van der Waals surface area contributed by atoms with Crippen LogP contribution in [0.4, 0.5) is 0 Å². The van der Waals surface area contributed by atoms with Crippen LogP contribution in [0.5, 0.6) is 0 Å². The van der Waals surface area contributed by atoms with Gasteiger partial charge in [0.1, 0.15) is 11.6 Å². The molecule has 2 heterocycles. The van der Waals surface area contributed by atoms with Crippen molar-refractivity contribution in [2.75, 3.05) is 6.61 Å². The Morgan fingerprint density at radius 2 is 2.44 bits per heavy atom. The van der Waals surface area contributed by atoms with Crippen molar-refractivity contribution in [2.24, 2.45) is 0 Å². The van der Waals surface area contributed by atoms with E-state index in [1.165, 1.54) is 4.57 Å². The molecule has 0 atom stereocenters. The molecular formula is C10H13N3O3. The molecule has 0 saturated carbocycles. The zero-order valence-corrected chi connectivity index (χ0v) is 8.72. The van der Waals surface area contributed by atoms with Crippen molar-refractivity contribution in [3.8, 4) is 0 Å². The standard InChI is InChI=1S/C10H13N3O3/c14-5-1-4-9-11-12-10(15)13(9)7-8-3-2-6-16-8/h2-3,6,14H,1,4-5,7H2,(H,12,15). The van der Waals surface area contributed by atoms with E-state index in [0.29, 0.717) is 31.0 Å². The number of aliphatic hydroxyl groups is 1. The normalized spacial score (nSPS) is 10.8. The van der Waals surface area contributed by atoms with Gasteiger partial charge in [-0.3, -0.25) is 4.57 Å². The number of aliphatic hydroxyl groups excluding tert-OH is 1. The van der Waals surface area contributed by atoms with Crippen molar-refractivity contribution in [1.29, 1.82) is 0 Å². The number of rotatable bonds is 5. The molecule has 0 spiro atoms. The van der Waals surface area contributed by atoms with Crippen LogP contribution < -0.4 is 5.69 Å². The van der Waals surface area contributed by atoms with Gasteiger partial charge in [-0.1, -0.05) is 0 Å². The molecule has 2 rings (SSSR count). The Labute approximate surface area is 91.5 Å². The first-order valence-electron chi connectivity index (χ1n) is 5.08. The van der Waals surface area contributed by atoms with Crippen LogP contribution in [0.1, 0.15) is 18.0 Å². The van der Waals surface area contributed by atoms with Crippen LogP contribution in [0, 0.1) is 0 Å². The van der Waals surface area contributed by atoms with Crippen LogP contribution in [0.2, 0.25) is 0 Å². The van der Waals surface area contributed by atoms with E-state index in [0.717, 1.165) is 0 Å². The zero-order chi connectivity index (χ0) is 11.4. The zero-order valence-electron chi connectivity index (χ0n) is 8.72. The highest BCUT2D eigenvalue weighted by Crippen LogP contribution is 2.04. The molecule has 2 aromatic heterocycles. The van der Waals surface area contributed by atoms with Crippen molar-refractivity contribution in [3.63, 3.8) is 0 Å². The maximum atomic E-state index is 11.5. The number of aromatic amines is 1. The molecule has 0 aliphatic rings. The molecule has 0 radical (unpaired) electrons. The lowest BCUT2D eigenvalue weighted by Crippen LogP contribution is -2.19. The van der Waals surface area contributed by atoms with Gasteiger partial charge in [0.15, 0.2) is 0 Å². The first-order valence-corrected chi connectivity index (χ1v) is 5.08. The Hall–Kier alpha value is -1.82. The van der Waals surface area contributed by atoms with Crippen molar-refractivity contribution < 1.29 is 9.52 Å². The maximum Gasteiger partial charge on any atom is 0.343 e. The van der Waals surface area contributed by atoms with Gasteiger partial charge in [0.05, 0.1) is 12.8 Å². The van der Waals surface area contributed by atoms with Gasteiger partial charge in [-0.15, -0.1) is 0 Å². The number of aryl methyl sites for hydroxylation is 1. The van der Waals surface area contributed by atoms with Gasteiger partial charge in [-0.25, -0.2) is 9.89 Å². The molecule has 0 unspecified atom stereocenters. The van der Waals surface area contributed by atoms with E-state index in [9.17, 15) is 4.79 Å². The summed E-state index contributed by atoms with van der Waals surface area (Å²) in [5.41, 5.74) is -0.260. The molecule has 0 aliphatic carbocycles. The molecule has 2 aromatic rings. The minimum atomic E-state index is -0.260. The number of furan rings is 1. The second-order valence-electron chi connectivity index (χ2n) is 3.44. The van der Waals surface area contributed by atoms with Crippen LogP contribution in [-0.4, -0.2) is 26.5 Å². The Morgan fingerprint density at radius 1 is 1.56 bits per heavy atom. The van der Waals surface area contributed by atoms with Crippen LogP contribution in [-0.2, 0) is 13.0 Å². The SMILES string of the molecule is O=c1[nH]nc(CCCO)n1Cc1ccco1. The fourth-order valence-corrected chi connectivity index (χ4v) is 1.50. The summed E-state index contributed by atoms with van der Waals surface area (Å²) >= 11 is 0. The van der Waals surface area contributed by atoms with Crippen LogP contribution in [0.3, 0.4) is 0 Å². The lowest BCUT2D eigenvalue weighted by Gasteiger charge is -2.02. The molecule has 2 N–H and O–H groups in total. The van der Waals surface area contributed by atoms with Crippen LogP contribution in [0.25, 0.3) is 0 Å². The summed E-state index contributed by atoms with van der Waals surface area (Å²) in [6.45, 7) is 0.449. The molecule has 0 aromatic carbocycles. The third-order valence-corrected chi connectivity index (χ3v) is 2.29. The number of aromatic nitrogens is 3. The number of H-pyrrole nitrogens is 1. The molecule has 0 aliphatic heterocycles. The summed E-state index contributed by atoms with van der Waals surface area (Å²) in [5.74, 6) is 1.34. The van der Waals surface area contributed by atoms with Gasteiger partial charge in [-0.2, -0.15) is 5.10 Å². The highest BCUT2D eigenvalue weighted by atomic mass is 16.3. The van der Waals surface area contributed by atoms with Gasteiger partial charge in [0.25, 0.3) is 0 Å². The van der Waals surface area contributed by atoms with E-state index >= 15 is 0 Å². The molecule has 0 amide bonds. The summed E-state index contributed by atoms with van der Waals surface area (Å²) in [7, 11) is 0. The smallest absolute Gasteiger partial charge is 0.343 e. The highest BCUT2D eigenvalue weighted by Gasteiger charge is 2.09. The summed E-state index contributed by atoms with van der Waals surface area (Å²) < 4.78 is 6.68. The van der Waals surface area contributed by atoms with Crippen molar-refractivity contribution in [3.05, 3.63) is 40.5 Å². The molecule has 86 valence electrons. The molecule has 6 nitrogen and oxygen atoms in total. The fraction of sp³-hybridized carbons (Fsp3) is 0.400. The van der Waals surface area contributed by atoms with Gasteiger partial charge in [0.2, 0.25) is 0 Å². The number of nitrogens with one attached hydrogen (secondary N) is 1. The van der Waals surface area contributed by atoms with E-state index in [4.69, 9.17) is 9.52 Å². The number of hydrogen-bond acceptors (Lipinski definition) is 4. The summed E-state index contributed by atoms with van der Waals surface area (Å²) in [6.07, 6.45) is 2.71. The predicted molar refractivity (Wildman–Crippen MR) is 56.1 cm³/mol. The first-order chi connectivity index (χ1) is 7.81. The van der Waals surface area contributed by atoms with Crippen LogP contribution >= 0.6 is 0 Å². The van der Waals surface area contributed by atoms with E-state index in [-0.39, 0.29) is 12.3 Å². The summed E-state index contributed by atoms with van der Waals surface area (Å²) in [5, 5.41) is 15.0. The third-order valence-electron chi connectivity index (χ3n) is 2.29. The van der Waals surface area contributed by atoms with Crippen molar-refractivity contribution >= 4 is 0 Å². The third kappa shape index (κ3) is 2.22. The fourth-order valence-electron chi connectivity index (χ4n) is 1.50. The molecular weight excluding hydrogens is 210 g/mol. The minimum absolute atomic E-state index is 0.0851. The van der Waals surface area contributed by atoms with E-state index < -0.39 is 0 Å². The monoisotopic (exact) mass is 223 g/mol. The average molecular weight is 223 g/mol. The maximum absolute atomic E-state index is 11.5. The number of hydrogen-bond donors (Lipinski definition) is 2. The highest BCUT2D eigenvalue weighted by molar-refractivity contribution is 5.01. The predicted octanol–water partition coefficient (Wildman–Crippen LogP) is 0.138. The van der Waals surface area contributed by atoms with Gasteiger partial charge in [0, 0.05) is 13.0 Å². The Balaban J connectivity index is 2.18. The Bertz CT molecular complexity index is 484. The quantitative estimate of drug-likeness (QED) is 0.755. The number of nitrogens with zero attached hydrogens (tertiary/aromatic N) is 2.